The van der Waals surface area contributed by atoms with Crippen LogP contribution in [0.5, 0.6) is 0 Å². The SMILES string of the molecule is CC(C)(C)C(=O)CCCC(=O)On1cnc(CNC(=O)OCC2c3ccccc3-c3ccccc32)c1. The first-order chi connectivity index (χ1) is 17.2. The molecule has 1 aliphatic rings. The molecule has 8 nitrogen and oxygen atoms in total. The second-order valence-corrected chi connectivity index (χ2v) is 9.89. The lowest BCUT2D eigenvalue weighted by Gasteiger charge is -2.15. The Hall–Kier alpha value is -3.94. The molecule has 0 atom stereocenters. The van der Waals surface area contributed by atoms with Gasteiger partial charge in [0.1, 0.15) is 18.7 Å². The standard InChI is InChI=1S/C28H31N3O5/c1-28(2,3)25(32)13-8-14-26(33)36-31-16-19(30-18-31)15-29-27(34)35-17-24-22-11-6-4-9-20(22)21-10-5-7-12-23(21)24/h4-7,9-12,16,18,24H,8,13-15,17H2,1-3H3,(H,29,34). The number of amides is 1. The fraction of sp³-hybridized carbons (Fsp3) is 0.357. The molecule has 0 fully saturated rings. The van der Waals surface area contributed by atoms with Crippen LogP contribution in [0.3, 0.4) is 0 Å². The minimum atomic E-state index is -0.549. The minimum absolute atomic E-state index is 0.0135. The third-order valence-electron chi connectivity index (χ3n) is 6.20. The van der Waals surface area contributed by atoms with Gasteiger partial charge in [-0.2, -0.15) is 4.73 Å². The van der Waals surface area contributed by atoms with Crippen molar-refractivity contribution in [1.82, 2.24) is 15.0 Å². The zero-order valence-corrected chi connectivity index (χ0v) is 20.8. The van der Waals surface area contributed by atoms with E-state index in [1.165, 1.54) is 28.4 Å². The Kier molecular flexibility index (Phi) is 7.52. The lowest BCUT2D eigenvalue weighted by Crippen LogP contribution is -2.26. The van der Waals surface area contributed by atoms with Crippen molar-refractivity contribution in [2.24, 2.45) is 5.41 Å². The van der Waals surface area contributed by atoms with Gasteiger partial charge in [-0.25, -0.2) is 14.6 Å². The number of benzene rings is 2. The summed E-state index contributed by atoms with van der Waals surface area (Å²) >= 11 is 0. The molecule has 36 heavy (non-hydrogen) atoms. The molecule has 1 N–H and O–H groups in total. The average molecular weight is 490 g/mol. The number of fused-ring (bicyclic) bond motifs is 3. The van der Waals surface area contributed by atoms with E-state index in [0.29, 0.717) is 18.5 Å². The first kappa shape index (κ1) is 25.2. The van der Waals surface area contributed by atoms with E-state index in [1.54, 1.807) is 0 Å². The molecule has 8 heteroatoms. The molecule has 188 valence electrons. The van der Waals surface area contributed by atoms with Gasteiger partial charge in [0.05, 0.1) is 18.4 Å². The van der Waals surface area contributed by atoms with Crippen molar-refractivity contribution < 1.29 is 24.0 Å². The lowest BCUT2D eigenvalue weighted by atomic mass is 9.88. The van der Waals surface area contributed by atoms with E-state index < -0.39 is 17.5 Å². The first-order valence-corrected chi connectivity index (χ1v) is 12.1. The number of aromatic nitrogens is 2. The number of rotatable bonds is 9. The Morgan fingerprint density at radius 2 is 1.61 bits per heavy atom. The summed E-state index contributed by atoms with van der Waals surface area (Å²) in [5, 5.41) is 2.68. The van der Waals surface area contributed by atoms with Gasteiger partial charge in [-0.1, -0.05) is 69.3 Å². The molecular weight excluding hydrogens is 458 g/mol. The summed E-state index contributed by atoms with van der Waals surface area (Å²) in [6.07, 6.45) is 3.21. The monoisotopic (exact) mass is 489 g/mol. The predicted molar refractivity (Wildman–Crippen MR) is 134 cm³/mol. The minimum Gasteiger partial charge on any atom is -0.449 e. The van der Waals surface area contributed by atoms with Crippen LogP contribution in [-0.4, -0.2) is 34.2 Å². The molecular formula is C28H31N3O5. The molecule has 4 rings (SSSR count). The molecule has 0 saturated heterocycles. The molecule has 1 aromatic heterocycles. The normalized spacial score (nSPS) is 12.5. The van der Waals surface area contributed by atoms with E-state index in [2.05, 4.69) is 34.6 Å². The Balaban J connectivity index is 1.22. The van der Waals surface area contributed by atoms with Crippen LogP contribution < -0.4 is 10.2 Å². The number of nitrogens with one attached hydrogen (secondary N) is 1. The maximum atomic E-state index is 12.3. The van der Waals surface area contributed by atoms with Crippen molar-refractivity contribution in [2.45, 2.75) is 52.5 Å². The summed E-state index contributed by atoms with van der Waals surface area (Å²) in [5.41, 5.74) is 4.73. The molecule has 0 saturated carbocycles. The van der Waals surface area contributed by atoms with Gasteiger partial charge in [0.15, 0.2) is 0 Å². The molecule has 1 aliphatic carbocycles. The average Bonchev–Trinajstić information content (AvgIpc) is 3.42. The van der Waals surface area contributed by atoms with Crippen LogP contribution in [0.4, 0.5) is 4.79 Å². The Morgan fingerprint density at radius 3 is 2.25 bits per heavy atom. The van der Waals surface area contributed by atoms with E-state index >= 15 is 0 Å². The van der Waals surface area contributed by atoms with Crippen molar-refractivity contribution in [3.63, 3.8) is 0 Å². The predicted octanol–water partition coefficient (Wildman–Crippen LogP) is 4.66. The van der Waals surface area contributed by atoms with Crippen LogP contribution in [0.25, 0.3) is 11.1 Å². The van der Waals surface area contributed by atoms with E-state index in [1.807, 2.05) is 45.0 Å². The molecule has 3 aromatic rings. The van der Waals surface area contributed by atoms with Crippen molar-refractivity contribution in [3.8, 4) is 11.1 Å². The number of carbonyl (C=O) groups is 3. The lowest BCUT2D eigenvalue weighted by molar-refractivity contribution is -0.144. The van der Waals surface area contributed by atoms with Gasteiger partial charge in [-0.05, 0) is 28.7 Å². The van der Waals surface area contributed by atoms with Crippen LogP contribution in [0.1, 0.15) is 62.8 Å². The highest BCUT2D eigenvalue weighted by Crippen LogP contribution is 2.44. The van der Waals surface area contributed by atoms with Crippen LogP contribution in [0, 0.1) is 5.41 Å². The van der Waals surface area contributed by atoms with E-state index in [4.69, 9.17) is 9.57 Å². The van der Waals surface area contributed by atoms with Crippen molar-refractivity contribution >= 4 is 17.8 Å². The zero-order valence-electron chi connectivity index (χ0n) is 20.8. The number of ketones is 1. The van der Waals surface area contributed by atoms with Crippen molar-refractivity contribution in [1.29, 1.82) is 0 Å². The van der Waals surface area contributed by atoms with E-state index in [9.17, 15) is 14.4 Å². The number of carbonyl (C=O) groups excluding carboxylic acids is 3. The van der Waals surface area contributed by atoms with Gasteiger partial charge in [0.2, 0.25) is 0 Å². The number of hydrogen-bond donors (Lipinski definition) is 1. The fourth-order valence-electron chi connectivity index (χ4n) is 4.23. The molecule has 1 heterocycles. The molecule has 0 unspecified atom stereocenters. The maximum Gasteiger partial charge on any atom is 0.407 e. The Morgan fingerprint density at radius 1 is 0.972 bits per heavy atom. The van der Waals surface area contributed by atoms with Crippen LogP contribution >= 0.6 is 0 Å². The van der Waals surface area contributed by atoms with Crippen LogP contribution in [0.2, 0.25) is 0 Å². The summed E-state index contributed by atoms with van der Waals surface area (Å²) in [5.74, 6) is -0.356. The molecule has 2 aromatic carbocycles. The molecule has 0 radical (unpaired) electrons. The van der Waals surface area contributed by atoms with Crippen molar-refractivity contribution in [3.05, 3.63) is 77.9 Å². The van der Waals surface area contributed by atoms with Gasteiger partial charge in [-0.15, -0.1) is 0 Å². The van der Waals surface area contributed by atoms with Crippen LogP contribution in [-0.2, 0) is 20.9 Å². The summed E-state index contributed by atoms with van der Waals surface area (Å²) in [7, 11) is 0. The summed E-state index contributed by atoms with van der Waals surface area (Å²) < 4.78 is 6.72. The summed E-state index contributed by atoms with van der Waals surface area (Å²) in [4.78, 5) is 45.7. The third kappa shape index (κ3) is 6.00. The number of imidazole rings is 1. The van der Waals surface area contributed by atoms with Gasteiger partial charge in [0.25, 0.3) is 0 Å². The number of alkyl carbamates (subject to hydrolysis) is 1. The summed E-state index contributed by atoms with van der Waals surface area (Å²) in [6, 6.07) is 16.3. The first-order valence-electron chi connectivity index (χ1n) is 12.1. The second kappa shape index (κ2) is 10.8. The topological polar surface area (TPSA) is 99.5 Å². The number of Topliss-reactive ketones (excluding diaryl/α,β-unsaturated/α-hetero) is 1. The fourth-order valence-corrected chi connectivity index (χ4v) is 4.23. The Labute approximate surface area is 210 Å². The van der Waals surface area contributed by atoms with Crippen molar-refractivity contribution in [2.75, 3.05) is 6.61 Å². The molecule has 1 amide bonds. The number of nitrogens with zero attached hydrogens (tertiary/aromatic N) is 2. The molecule has 0 bridgehead atoms. The van der Waals surface area contributed by atoms with Gasteiger partial charge in [-0.3, -0.25) is 4.79 Å². The summed E-state index contributed by atoms with van der Waals surface area (Å²) in [6.45, 7) is 5.93. The van der Waals surface area contributed by atoms with Gasteiger partial charge < -0.3 is 14.9 Å². The highest BCUT2D eigenvalue weighted by Gasteiger charge is 2.29. The largest absolute Gasteiger partial charge is 0.449 e. The van der Waals surface area contributed by atoms with Gasteiger partial charge in [0, 0.05) is 24.2 Å². The molecule has 0 aliphatic heterocycles. The molecule has 0 spiro atoms. The third-order valence-corrected chi connectivity index (χ3v) is 6.20. The smallest absolute Gasteiger partial charge is 0.407 e. The Bertz CT molecular complexity index is 1210. The van der Waals surface area contributed by atoms with E-state index in [0.717, 1.165) is 11.1 Å². The quantitative estimate of drug-likeness (QED) is 0.469. The number of ether oxygens (including phenoxy) is 1. The zero-order chi connectivity index (χ0) is 25.7. The second-order valence-electron chi connectivity index (χ2n) is 9.89. The van der Waals surface area contributed by atoms with Crippen LogP contribution in [0.15, 0.2) is 61.1 Å². The van der Waals surface area contributed by atoms with Gasteiger partial charge >= 0.3 is 12.1 Å². The van der Waals surface area contributed by atoms with E-state index in [-0.39, 0.29) is 31.3 Å². The highest BCUT2D eigenvalue weighted by molar-refractivity contribution is 5.84. The number of hydrogen-bond acceptors (Lipinski definition) is 6. The maximum absolute atomic E-state index is 12.3. The highest BCUT2D eigenvalue weighted by atomic mass is 16.7.